The van der Waals surface area contributed by atoms with E-state index in [1.54, 1.807) is 12.1 Å². The van der Waals surface area contributed by atoms with E-state index in [4.69, 9.17) is 14.9 Å². The number of aryl methyl sites for hydroxylation is 2. The van der Waals surface area contributed by atoms with E-state index in [2.05, 4.69) is 4.74 Å². The molecule has 0 saturated heterocycles. The van der Waals surface area contributed by atoms with Gasteiger partial charge < -0.3 is 19.7 Å². The Morgan fingerprint density at radius 1 is 0.808 bits per heavy atom. The minimum absolute atomic E-state index is 0.245. The second-order valence-electron chi connectivity index (χ2n) is 4.84. The van der Waals surface area contributed by atoms with Crippen molar-refractivity contribution in [1.29, 1.82) is 0 Å². The van der Waals surface area contributed by atoms with Crippen molar-refractivity contribution in [2.45, 2.75) is 27.7 Å². The van der Waals surface area contributed by atoms with Crippen LogP contribution in [0.4, 0.5) is 0 Å². The molecule has 0 bridgehead atoms. The molecule has 0 atom stereocenters. The van der Waals surface area contributed by atoms with Crippen LogP contribution in [0, 0.1) is 13.8 Å². The van der Waals surface area contributed by atoms with Gasteiger partial charge >= 0.3 is 11.9 Å². The zero-order valence-corrected chi connectivity index (χ0v) is 16.1. The van der Waals surface area contributed by atoms with Gasteiger partial charge in [-0.1, -0.05) is 36.4 Å². The van der Waals surface area contributed by atoms with E-state index in [1.807, 2.05) is 50.2 Å². The number of carbonyl (C=O) groups is 2. The summed E-state index contributed by atoms with van der Waals surface area (Å²) in [4.78, 5) is 20.1. The Labute approximate surface area is 155 Å². The number of esters is 2. The van der Waals surface area contributed by atoms with Crippen LogP contribution in [0.25, 0.3) is 0 Å². The first-order valence-electron chi connectivity index (χ1n) is 7.75. The van der Waals surface area contributed by atoms with E-state index in [9.17, 15) is 9.59 Å². The summed E-state index contributed by atoms with van der Waals surface area (Å²) in [6.07, 6.45) is 0. The summed E-state index contributed by atoms with van der Waals surface area (Å²) in [7, 11) is 2.35. The van der Waals surface area contributed by atoms with Crippen molar-refractivity contribution in [1.82, 2.24) is 0 Å². The molecule has 0 aliphatic heterocycles. The molecule has 2 aromatic rings. The molecule has 0 spiro atoms. The largest absolute Gasteiger partial charge is 0.508 e. The minimum atomic E-state index is -0.278. The Bertz CT molecular complexity index is 631. The molecular formula is C20H28O6. The number of para-hydroxylation sites is 2. The molecule has 0 unspecified atom stereocenters. The number of phenolic OH excluding ortho intramolecular Hbond substituents is 1. The molecular weight excluding hydrogens is 336 g/mol. The topological polar surface area (TPSA) is 93.1 Å². The molecule has 0 saturated carbocycles. The normalized spacial score (nSPS) is 8.27. The fourth-order valence-electron chi connectivity index (χ4n) is 1.39. The van der Waals surface area contributed by atoms with Crippen LogP contribution in [0.1, 0.15) is 25.0 Å². The number of aliphatic hydroxyl groups excluding tert-OH is 1. The molecule has 6 heteroatoms. The summed E-state index contributed by atoms with van der Waals surface area (Å²) in [5, 5.41) is 15.9. The maximum Gasteiger partial charge on any atom is 0.308 e. The average molecular weight is 364 g/mol. The van der Waals surface area contributed by atoms with E-state index < -0.39 is 0 Å². The van der Waals surface area contributed by atoms with E-state index in [0.717, 1.165) is 18.2 Å². The number of aliphatic hydroxyl groups is 1. The Hall–Kier alpha value is -2.86. The molecule has 0 amide bonds. The number of carbonyl (C=O) groups excluding carboxylic acids is 2. The Morgan fingerprint density at radius 2 is 1.23 bits per heavy atom. The maximum absolute atomic E-state index is 10.5. The van der Waals surface area contributed by atoms with Crippen LogP contribution in [0.3, 0.4) is 0 Å². The van der Waals surface area contributed by atoms with Gasteiger partial charge in [0.25, 0.3) is 0 Å². The van der Waals surface area contributed by atoms with Crippen molar-refractivity contribution in [2.24, 2.45) is 0 Å². The highest BCUT2D eigenvalue weighted by molar-refractivity contribution is 5.69. The first-order valence-corrected chi connectivity index (χ1v) is 7.75. The first-order chi connectivity index (χ1) is 12.3. The highest BCUT2D eigenvalue weighted by Gasteiger charge is 1.99. The molecule has 2 N–H and O–H groups in total. The molecule has 26 heavy (non-hydrogen) atoms. The van der Waals surface area contributed by atoms with E-state index in [0.29, 0.717) is 11.5 Å². The van der Waals surface area contributed by atoms with Crippen LogP contribution in [0.15, 0.2) is 48.5 Å². The number of phenols is 1. The fourth-order valence-corrected chi connectivity index (χ4v) is 1.39. The molecule has 0 aromatic heterocycles. The highest BCUT2D eigenvalue weighted by Crippen LogP contribution is 2.15. The Kier molecular flexibility index (Phi) is 15.3. The van der Waals surface area contributed by atoms with Crippen molar-refractivity contribution in [3.63, 3.8) is 0 Å². The van der Waals surface area contributed by atoms with E-state index in [1.165, 1.54) is 21.0 Å². The lowest BCUT2D eigenvalue weighted by molar-refractivity contribution is -0.138. The van der Waals surface area contributed by atoms with Crippen molar-refractivity contribution < 1.29 is 29.3 Å². The quantitative estimate of drug-likeness (QED) is 0.595. The molecule has 0 aliphatic carbocycles. The highest BCUT2D eigenvalue weighted by atomic mass is 16.5. The van der Waals surface area contributed by atoms with Gasteiger partial charge in [0.05, 0.1) is 7.11 Å². The average Bonchev–Trinajstić information content (AvgIpc) is 2.62. The molecule has 2 aromatic carbocycles. The molecule has 0 fully saturated rings. The lowest BCUT2D eigenvalue weighted by Gasteiger charge is -2.02. The van der Waals surface area contributed by atoms with Crippen LogP contribution in [0.5, 0.6) is 11.5 Å². The minimum Gasteiger partial charge on any atom is -0.508 e. The number of rotatable bonds is 1. The molecule has 2 rings (SSSR count). The molecule has 6 nitrogen and oxygen atoms in total. The SMILES string of the molecule is CC(=O)Oc1ccccc1C.CO.COC(C)=O.Cc1ccccc1O. The van der Waals surface area contributed by atoms with Crippen LogP contribution in [-0.4, -0.2) is 36.4 Å². The molecule has 0 aliphatic rings. The second kappa shape index (κ2) is 15.7. The molecule has 144 valence electrons. The number of hydrogen-bond donors (Lipinski definition) is 2. The second-order valence-corrected chi connectivity index (χ2v) is 4.84. The van der Waals surface area contributed by atoms with Gasteiger partial charge in [-0.3, -0.25) is 9.59 Å². The van der Waals surface area contributed by atoms with Crippen molar-refractivity contribution in [3.05, 3.63) is 59.7 Å². The number of methoxy groups -OCH3 is 1. The van der Waals surface area contributed by atoms with Crippen LogP contribution in [0.2, 0.25) is 0 Å². The number of ether oxygens (including phenoxy) is 2. The Morgan fingerprint density at radius 3 is 1.54 bits per heavy atom. The van der Waals surface area contributed by atoms with Crippen molar-refractivity contribution >= 4 is 11.9 Å². The number of benzene rings is 2. The van der Waals surface area contributed by atoms with Gasteiger partial charge in [0.15, 0.2) is 0 Å². The zero-order valence-electron chi connectivity index (χ0n) is 16.1. The smallest absolute Gasteiger partial charge is 0.308 e. The lowest BCUT2D eigenvalue weighted by Crippen LogP contribution is -2.02. The van der Waals surface area contributed by atoms with Crippen LogP contribution in [-0.2, 0) is 14.3 Å². The standard InChI is InChI=1S/C9H10O2.C7H8O.C3H6O2.CH4O/c1-7-5-3-4-6-9(7)11-8(2)10;1-6-4-2-3-5-7(6)8;1-3(4)5-2;1-2/h3-6H,1-2H3;2-5,8H,1H3;1-2H3;2H,1H3. The number of aromatic hydroxyl groups is 1. The monoisotopic (exact) mass is 364 g/mol. The van der Waals surface area contributed by atoms with Gasteiger partial charge in [0.2, 0.25) is 0 Å². The van der Waals surface area contributed by atoms with Crippen molar-refractivity contribution in [2.75, 3.05) is 14.2 Å². The van der Waals surface area contributed by atoms with Gasteiger partial charge in [-0.15, -0.1) is 0 Å². The summed E-state index contributed by atoms with van der Waals surface area (Å²) < 4.78 is 9.02. The third-order valence-corrected chi connectivity index (χ3v) is 2.75. The summed E-state index contributed by atoms with van der Waals surface area (Å²) >= 11 is 0. The van der Waals surface area contributed by atoms with E-state index >= 15 is 0 Å². The zero-order chi connectivity index (χ0) is 20.5. The lowest BCUT2D eigenvalue weighted by atomic mass is 10.2. The predicted molar refractivity (Wildman–Crippen MR) is 101 cm³/mol. The predicted octanol–water partition coefficient (Wildman–Crippen LogP) is 3.41. The van der Waals surface area contributed by atoms with Crippen LogP contribution < -0.4 is 4.74 Å². The third kappa shape index (κ3) is 13.6. The van der Waals surface area contributed by atoms with Gasteiger partial charge in [0.1, 0.15) is 11.5 Å². The fraction of sp³-hybridized carbons (Fsp3) is 0.300. The van der Waals surface area contributed by atoms with Crippen molar-refractivity contribution in [3.8, 4) is 11.5 Å². The van der Waals surface area contributed by atoms with E-state index in [-0.39, 0.29) is 11.9 Å². The maximum atomic E-state index is 10.5. The summed E-state index contributed by atoms with van der Waals surface area (Å²) in [5.41, 5.74) is 1.90. The van der Waals surface area contributed by atoms with Crippen LogP contribution >= 0.6 is 0 Å². The summed E-state index contributed by atoms with van der Waals surface area (Å²) in [5.74, 6) is 0.483. The summed E-state index contributed by atoms with van der Waals surface area (Å²) in [6, 6.07) is 14.7. The van der Waals surface area contributed by atoms with Gasteiger partial charge in [-0.05, 0) is 37.1 Å². The van der Waals surface area contributed by atoms with Gasteiger partial charge in [-0.25, -0.2) is 0 Å². The van der Waals surface area contributed by atoms with Gasteiger partial charge in [-0.2, -0.15) is 0 Å². The third-order valence-electron chi connectivity index (χ3n) is 2.75. The van der Waals surface area contributed by atoms with Gasteiger partial charge in [0, 0.05) is 21.0 Å². The summed E-state index contributed by atoms with van der Waals surface area (Å²) in [6.45, 7) is 6.53. The first kappa shape index (κ1) is 25.4. The Balaban J connectivity index is 0. The molecule has 0 radical (unpaired) electrons. The number of hydrogen-bond acceptors (Lipinski definition) is 6. The molecule has 0 heterocycles.